The van der Waals surface area contributed by atoms with Crippen molar-refractivity contribution in [3.05, 3.63) is 35.9 Å². The molecule has 5 heteroatoms. The minimum absolute atomic E-state index is 0.0281. The summed E-state index contributed by atoms with van der Waals surface area (Å²) in [4.78, 5) is 31.1. The van der Waals surface area contributed by atoms with E-state index < -0.39 is 0 Å². The molecule has 2 fully saturated rings. The molecule has 0 saturated carbocycles. The zero-order valence-corrected chi connectivity index (χ0v) is 14.1. The molecule has 2 saturated heterocycles. The molecule has 0 bridgehead atoms. The summed E-state index contributed by atoms with van der Waals surface area (Å²) < 4.78 is 0. The van der Waals surface area contributed by atoms with Crippen LogP contribution < -0.4 is 0 Å². The lowest BCUT2D eigenvalue weighted by molar-refractivity contribution is -0.134. The fourth-order valence-corrected chi connectivity index (χ4v) is 3.69. The molecule has 2 heterocycles. The average Bonchev–Trinajstić information content (AvgIpc) is 3.18. The minimum atomic E-state index is -0.244. The predicted octanol–water partition coefficient (Wildman–Crippen LogP) is 2.49. The Morgan fingerprint density at radius 2 is 1.78 bits per heavy atom. The number of carbonyl (C=O) groups is 2. The first kappa shape index (κ1) is 16.0. The molecule has 0 N–H and O–H groups in total. The molecule has 2 aliphatic heterocycles. The number of urea groups is 1. The maximum absolute atomic E-state index is 13.1. The van der Waals surface area contributed by atoms with Gasteiger partial charge in [0, 0.05) is 7.05 Å². The summed E-state index contributed by atoms with van der Waals surface area (Å²) in [6.07, 6.45) is 2.26. The number of benzene rings is 1. The second-order valence-corrected chi connectivity index (χ2v) is 6.62. The number of nitrogens with zero attached hydrogens (tertiary/aromatic N) is 3. The third kappa shape index (κ3) is 2.74. The first-order valence-corrected chi connectivity index (χ1v) is 8.41. The van der Waals surface area contributed by atoms with Crippen LogP contribution in [0.25, 0.3) is 0 Å². The van der Waals surface area contributed by atoms with E-state index >= 15 is 0 Å². The van der Waals surface area contributed by atoms with Crippen molar-refractivity contribution in [1.82, 2.24) is 14.7 Å². The molecule has 1 aromatic carbocycles. The fourth-order valence-electron chi connectivity index (χ4n) is 3.69. The highest BCUT2D eigenvalue weighted by Crippen LogP contribution is 2.35. The highest BCUT2D eigenvalue weighted by molar-refractivity contribution is 5.99. The molecule has 2 aliphatic rings. The van der Waals surface area contributed by atoms with Crippen LogP contribution in [0.1, 0.15) is 38.3 Å². The van der Waals surface area contributed by atoms with Gasteiger partial charge in [-0.2, -0.15) is 0 Å². The van der Waals surface area contributed by atoms with E-state index in [0.29, 0.717) is 0 Å². The van der Waals surface area contributed by atoms with Crippen molar-refractivity contribution < 1.29 is 9.59 Å². The lowest BCUT2D eigenvalue weighted by atomic mass is 10.00. The average molecular weight is 315 g/mol. The van der Waals surface area contributed by atoms with Crippen LogP contribution in [-0.4, -0.2) is 58.9 Å². The van der Waals surface area contributed by atoms with Crippen LogP contribution in [0.15, 0.2) is 30.3 Å². The van der Waals surface area contributed by atoms with Gasteiger partial charge in [0.05, 0.1) is 18.1 Å². The fraction of sp³-hybridized carbons (Fsp3) is 0.556. The Morgan fingerprint density at radius 1 is 1.17 bits per heavy atom. The molecular weight excluding hydrogens is 290 g/mol. The minimum Gasteiger partial charge on any atom is -0.322 e. The largest absolute Gasteiger partial charge is 0.327 e. The number of hydrogen-bond donors (Lipinski definition) is 0. The van der Waals surface area contributed by atoms with Crippen molar-refractivity contribution in [2.24, 2.45) is 0 Å². The zero-order chi connectivity index (χ0) is 16.6. The summed E-state index contributed by atoms with van der Waals surface area (Å²) in [5.74, 6) is -0.0815. The third-order valence-electron chi connectivity index (χ3n) is 5.28. The van der Waals surface area contributed by atoms with E-state index in [4.69, 9.17) is 0 Å². The van der Waals surface area contributed by atoms with Crippen LogP contribution >= 0.6 is 0 Å². The number of likely N-dealkylation sites (N-methyl/N-ethyl adjacent to an activating group) is 1. The van der Waals surface area contributed by atoms with Gasteiger partial charge < -0.3 is 4.90 Å². The monoisotopic (exact) mass is 315 g/mol. The lowest BCUT2D eigenvalue weighted by Crippen LogP contribution is -2.48. The summed E-state index contributed by atoms with van der Waals surface area (Å²) >= 11 is 0. The smallest absolute Gasteiger partial charge is 0.322 e. The topological polar surface area (TPSA) is 43.9 Å². The second kappa shape index (κ2) is 6.32. The molecule has 124 valence electrons. The number of likely N-dealkylation sites (tertiary alicyclic amines) is 1. The van der Waals surface area contributed by atoms with Crippen LogP contribution in [0.5, 0.6) is 0 Å². The van der Waals surface area contributed by atoms with Crippen molar-refractivity contribution in [3.63, 3.8) is 0 Å². The van der Waals surface area contributed by atoms with E-state index in [1.165, 1.54) is 4.90 Å². The Kier molecular flexibility index (Phi) is 4.39. The number of imide groups is 1. The van der Waals surface area contributed by atoms with Gasteiger partial charge in [0.1, 0.15) is 0 Å². The molecular formula is C18H25N3O2. The standard InChI is InChI=1S/C18H25N3O2/c1-13-16(15-9-5-4-6-10-15)21(18(23)19(13)3)17(22)14(2)20-11-7-8-12-20/h4-6,9-10,13-14,16H,7-8,11-12H2,1-3H3/t13-,14+,16-/m0/s1. The highest BCUT2D eigenvalue weighted by atomic mass is 16.2. The number of hydrogen-bond acceptors (Lipinski definition) is 3. The van der Waals surface area contributed by atoms with Crippen molar-refractivity contribution in [2.45, 2.75) is 44.8 Å². The summed E-state index contributed by atoms with van der Waals surface area (Å²) in [5, 5.41) is 0. The van der Waals surface area contributed by atoms with Gasteiger partial charge >= 0.3 is 6.03 Å². The third-order valence-corrected chi connectivity index (χ3v) is 5.28. The number of rotatable bonds is 3. The Hall–Kier alpha value is -1.88. The van der Waals surface area contributed by atoms with Crippen molar-refractivity contribution in [3.8, 4) is 0 Å². The summed E-state index contributed by atoms with van der Waals surface area (Å²) in [7, 11) is 1.77. The Labute approximate surface area is 137 Å². The molecule has 3 amide bonds. The predicted molar refractivity (Wildman–Crippen MR) is 88.9 cm³/mol. The first-order chi connectivity index (χ1) is 11.0. The maximum Gasteiger partial charge on any atom is 0.327 e. The number of carbonyl (C=O) groups excluding carboxylic acids is 2. The van der Waals surface area contributed by atoms with Crippen LogP contribution in [0.3, 0.4) is 0 Å². The maximum atomic E-state index is 13.1. The van der Waals surface area contributed by atoms with Crippen molar-refractivity contribution >= 4 is 11.9 Å². The molecule has 0 unspecified atom stereocenters. The van der Waals surface area contributed by atoms with Crippen LogP contribution in [0.4, 0.5) is 4.79 Å². The van der Waals surface area contributed by atoms with Gasteiger partial charge in [0.15, 0.2) is 0 Å². The van der Waals surface area contributed by atoms with Gasteiger partial charge in [-0.15, -0.1) is 0 Å². The second-order valence-electron chi connectivity index (χ2n) is 6.62. The highest BCUT2D eigenvalue weighted by Gasteiger charge is 2.47. The van der Waals surface area contributed by atoms with E-state index in [9.17, 15) is 9.59 Å². The first-order valence-electron chi connectivity index (χ1n) is 8.41. The van der Waals surface area contributed by atoms with E-state index in [2.05, 4.69) is 4.90 Å². The van der Waals surface area contributed by atoms with Gasteiger partial charge in [-0.25, -0.2) is 4.79 Å². The lowest BCUT2D eigenvalue weighted by Gasteiger charge is -2.30. The van der Waals surface area contributed by atoms with E-state index in [0.717, 1.165) is 31.5 Å². The summed E-state index contributed by atoms with van der Waals surface area (Å²) in [6.45, 7) is 5.81. The van der Waals surface area contributed by atoms with Gasteiger partial charge in [0.2, 0.25) is 5.91 Å². The van der Waals surface area contributed by atoms with Crippen LogP contribution in [0, 0.1) is 0 Å². The van der Waals surface area contributed by atoms with Crippen molar-refractivity contribution in [1.29, 1.82) is 0 Å². The van der Waals surface area contributed by atoms with E-state index in [-0.39, 0.29) is 30.1 Å². The molecule has 0 radical (unpaired) electrons. The molecule has 5 nitrogen and oxygen atoms in total. The van der Waals surface area contributed by atoms with Gasteiger partial charge in [-0.3, -0.25) is 14.6 Å². The van der Waals surface area contributed by atoms with Crippen LogP contribution in [0.2, 0.25) is 0 Å². The molecule has 23 heavy (non-hydrogen) atoms. The van der Waals surface area contributed by atoms with Gasteiger partial charge in [-0.1, -0.05) is 30.3 Å². The summed E-state index contributed by atoms with van der Waals surface area (Å²) in [5.41, 5.74) is 1.01. The quantitative estimate of drug-likeness (QED) is 0.861. The molecule has 1 aromatic rings. The Balaban J connectivity index is 1.90. The number of amides is 3. The Bertz CT molecular complexity index is 583. The normalized spacial score (nSPS) is 26.8. The zero-order valence-electron chi connectivity index (χ0n) is 14.1. The molecule has 0 aliphatic carbocycles. The molecule has 3 rings (SSSR count). The van der Waals surface area contributed by atoms with E-state index in [1.54, 1.807) is 11.9 Å². The van der Waals surface area contributed by atoms with Crippen LogP contribution in [-0.2, 0) is 4.79 Å². The molecule has 3 atom stereocenters. The summed E-state index contributed by atoms with van der Waals surface area (Å²) in [6, 6.07) is 9.17. The van der Waals surface area contributed by atoms with E-state index in [1.807, 2.05) is 44.2 Å². The molecule has 0 aromatic heterocycles. The SMILES string of the molecule is C[C@H](C(=O)N1C(=O)N(C)[C@@H](C)[C@H]1c1ccccc1)N1CCCC1. The Morgan fingerprint density at radius 3 is 2.39 bits per heavy atom. The van der Waals surface area contributed by atoms with Gasteiger partial charge in [0.25, 0.3) is 0 Å². The molecule has 0 spiro atoms. The van der Waals surface area contributed by atoms with Crippen molar-refractivity contribution in [2.75, 3.05) is 20.1 Å². The van der Waals surface area contributed by atoms with Gasteiger partial charge in [-0.05, 0) is 45.3 Å².